The van der Waals surface area contributed by atoms with Crippen molar-refractivity contribution in [2.24, 2.45) is 0 Å². The van der Waals surface area contributed by atoms with Crippen LogP contribution in [-0.2, 0) is 0 Å². The second-order valence-electron chi connectivity index (χ2n) is 1.65. The van der Waals surface area contributed by atoms with Gasteiger partial charge in [0.25, 0.3) is 0 Å². The van der Waals surface area contributed by atoms with E-state index in [0.717, 1.165) is 5.56 Å². The van der Waals surface area contributed by atoms with Crippen molar-refractivity contribution >= 4 is 11.3 Å². The van der Waals surface area contributed by atoms with Crippen molar-refractivity contribution < 1.29 is 5.11 Å². The first kappa shape index (κ1) is 5.79. The Morgan fingerprint density at radius 2 is 2.62 bits per heavy atom. The molecule has 2 heteroatoms. The Morgan fingerprint density at radius 1 is 1.88 bits per heavy atom. The summed E-state index contributed by atoms with van der Waals surface area (Å²) in [5.41, 5.74) is 0.884. The normalized spacial score (nSPS) is 13.8. The average Bonchev–Trinajstić information content (AvgIpc) is 2.12. The summed E-state index contributed by atoms with van der Waals surface area (Å²) >= 11 is 1.55. The fourth-order valence-corrected chi connectivity index (χ4v) is 1.15. The Labute approximate surface area is 52.6 Å². The highest BCUT2D eigenvalue weighted by molar-refractivity contribution is 7.07. The predicted molar refractivity (Wildman–Crippen MR) is 33.8 cm³/mol. The summed E-state index contributed by atoms with van der Waals surface area (Å²) in [6.07, 6.45) is -0.360. The maximum absolute atomic E-state index is 8.89. The quantitative estimate of drug-likeness (QED) is 0.607. The zero-order valence-electron chi connectivity index (χ0n) is 4.59. The van der Waals surface area contributed by atoms with E-state index in [2.05, 4.69) is 6.07 Å². The molecule has 1 aromatic heterocycles. The van der Waals surface area contributed by atoms with Crippen LogP contribution in [0.1, 0.15) is 18.6 Å². The minimum atomic E-state index is -0.360. The summed E-state index contributed by atoms with van der Waals surface area (Å²) in [4.78, 5) is 0. The third-order valence-corrected chi connectivity index (χ3v) is 1.58. The highest BCUT2D eigenvalue weighted by Crippen LogP contribution is 2.13. The number of hydrogen-bond donors (Lipinski definition) is 1. The predicted octanol–water partition coefficient (Wildman–Crippen LogP) is 1.60. The van der Waals surface area contributed by atoms with Crippen LogP contribution in [0.5, 0.6) is 0 Å². The molecular weight excluding hydrogens is 120 g/mol. The van der Waals surface area contributed by atoms with Gasteiger partial charge in [-0.3, -0.25) is 0 Å². The molecule has 43 valence electrons. The molecule has 8 heavy (non-hydrogen) atoms. The molecule has 1 aromatic rings. The minimum absolute atomic E-state index is 0.360. The molecule has 1 atom stereocenters. The van der Waals surface area contributed by atoms with Crippen LogP contribution in [-0.4, -0.2) is 5.11 Å². The van der Waals surface area contributed by atoms with Gasteiger partial charge in [-0.05, 0) is 29.3 Å². The van der Waals surface area contributed by atoms with E-state index in [4.69, 9.17) is 5.11 Å². The molecule has 0 aromatic carbocycles. The third-order valence-electron chi connectivity index (χ3n) is 0.939. The van der Waals surface area contributed by atoms with Crippen molar-refractivity contribution in [2.75, 3.05) is 0 Å². The third kappa shape index (κ3) is 1.08. The molecule has 0 amide bonds. The van der Waals surface area contributed by atoms with E-state index in [1.807, 2.05) is 10.8 Å². The molecule has 0 aliphatic rings. The number of thiophene rings is 1. The smallest absolute Gasteiger partial charge is 0.0776 e. The van der Waals surface area contributed by atoms with E-state index < -0.39 is 0 Å². The molecule has 1 heterocycles. The van der Waals surface area contributed by atoms with Gasteiger partial charge in [-0.2, -0.15) is 11.3 Å². The number of hydrogen-bond acceptors (Lipinski definition) is 2. The monoisotopic (exact) mass is 127 g/mol. The van der Waals surface area contributed by atoms with Gasteiger partial charge in [0.1, 0.15) is 0 Å². The Kier molecular flexibility index (Phi) is 1.65. The summed E-state index contributed by atoms with van der Waals surface area (Å²) in [5, 5.41) is 12.6. The fourth-order valence-electron chi connectivity index (χ4n) is 0.462. The molecule has 1 rings (SSSR count). The van der Waals surface area contributed by atoms with E-state index in [9.17, 15) is 0 Å². The van der Waals surface area contributed by atoms with Crippen molar-refractivity contribution in [3.05, 3.63) is 22.4 Å². The largest absolute Gasteiger partial charge is 0.389 e. The zero-order chi connectivity index (χ0) is 5.98. The zero-order valence-corrected chi connectivity index (χ0v) is 5.40. The molecule has 0 aliphatic heterocycles. The summed E-state index contributed by atoms with van der Waals surface area (Å²) in [6, 6.07) is 2.91. The molecule has 1 radical (unpaired) electrons. The average molecular weight is 127 g/mol. The summed E-state index contributed by atoms with van der Waals surface area (Å²) in [7, 11) is 0. The molecule has 0 saturated carbocycles. The van der Waals surface area contributed by atoms with E-state index in [-0.39, 0.29) is 6.10 Å². The molecule has 0 saturated heterocycles. The van der Waals surface area contributed by atoms with E-state index in [0.29, 0.717) is 0 Å². The van der Waals surface area contributed by atoms with Gasteiger partial charge in [0.15, 0.2) is 0 Å². The number of aliphatic hydroxyl groups is 1. The van der Waals surface area contributed by atoms with Crippen LogP contribution >= 0.6 is 11.3 Å². The highest BCUT2D eigenvalue weighted by atomic mass is 32.1. The molecule has 1 unspecified atom stereocenters. The topological polar surface area (TPSA) is 20.2 Å². The van der Waals surface area contributed by atoms with Crippen LogP contribution in [0.3, 0.4) is 0 Å². The molecule has 0 bridgehead atoms. The number of aliphatic hydroxyl groups excluding tert-OH is 1. The Balaban J connectivity index is 2.77. The van der Waals surface area contributed by atoms with Crippen LogP contribution in [0.2, 0.25) is 0 Å². The van der Waals surface area contributed by atoms with Gasteiger partial charge < -0.3 is 5.11 Å². The van der Waals surface area contributed by atoms with Gasteiger partial charge in [0.05, 0.1) is 6.10 Å². The van der Waals surface area contributed by atoms with Crippen LogP contribution in [0.15, 0.2) is 10.8 Å². The van der Waals surface area contributed by atoms with Crippen molar-refractivity contribution in [2.45, 2.75) is 13.0 Å². The SMILES string of the molecule is CC(O)c1[c]csc1. The van der Waals surface area contributed by atoms with Gasteiger partial charge >= 0.3 is 0 Å². The van der Waals surface area contributed by atoms with Gasteiger partial charge in [-0.15, -0.1) is 0 Å². The highest BCUT2D eigenvalue weighted by Gasteiger charge is 1.97. The van der Waals surface area contributed by atoms with Crippen molar-refractivity contribution in [1.82, 2.24) is 0 Å². The molecule has 0 aliphatic carbocycles. The molecule has 0 spiro atoms. The standard InChI is InChI=1S/C6H7OS/c1-5(7)6-2-3-8-4-6/h3-5,7H,1H3. The summed E-state index contributed by atoms with van der Waals surface area (Å²) in [6.45, 7) is 1.73. The summed E-state index contributed by atoms with van der Waals surface area (Å²) in [5.74, 6) is 0. The Morgan fingerprint density at radius 3 is 2.88 bits per heavy atom. The maximum atomic E-state index is 8.89. The van der Waals surface area contributed by atoms with Crippen LogP contribution in [0, 0.1) is 6.07 Å². The second kappa shape index (κ2) is 2.29. The molecule has 1 nitrogen and oxygen atoms in total. The first-order valence-corrected chi connectivity index (χ1v) is 3.37. The van der Waals surface area contributed by atoms with Crippen LogP contribution in [0.25, 0.3) is 0 Å². The molecular formula is C6H7OS. The van der Waals surface area contributed by atoms with Gasteiger partial charge in [0, 0.05) is 0 Å². The molecule has 0 fully saturated rings. The van der Waals surface area contributed by atoms with Crippen LogP contribution in [0.4, 0.5) is 0 Å². The summed E-state index contributed by atoms with van der Waals surface area (Å²) < 4.78 is 0. The minimum Gasteiger partial charge on any atom is -0.389 e. The lowest BCUT2D eigenvalue weighted by molar-refractivity contribution is 0.199. The Hall–Kier alpha value is -0.340. The number of rotatable bonds is 1. The van der Waals surface area contributed by atoms with E-state index >= 15 is 0 Å². The molecule has 1 N–H and O–H groups in total. The first-order chi connectivity index (χ1) is 3.80. The lowest BCUT2D eigenvalue weighted by atomic mass is 10.2. The van der Waals surface area contributed by atoms with Gasteiger partial charge in [-0.25, -0.2) is 0 Å². The Bertz CT molecular complexity index is 144. The van der Waals surface area contributed by atoms with Crippen LogP contribution < -0.4 is 0 Å². The maximum Gasteiger partial charge on any atom is 0.0776 e. The van der Waals surface area contributed by atoms with Crippen molar-refractivity contribution in [1.29, 1.82) is 0 Å². The lowest BCUT2D eigenvalue weighted by Gasteiger charge is -1.95. The second-order valence-corrected chi connectivity index (χ2v) is 2.39. The van der Waals surface area contributed by atoms with Gasteiger partial charge in [0.2, 0.25) is 0 Å². The fraction of sp³-hybridized carbons (Fsp3) is 0.333. The first-order valence-electron chi connectivity index (χ1n) is 2.42. The van der Waals surface area contributed by atoms with E-state index in [1.54, 1.807) is 18.3 Å². The van der Waals surface area contributed by atoms with E-state index in [1.165, 1.54) is 0 Å². The van der Waals surface area contributed by atoms with Crippen molar-refractivity contribution in [3.8, 4) is 0 Å². The van der Waals surface area contributed by atoms with Crippen molar-refractivity contribution in [3.63, 3.8) is 0 Å². The lowest BCUT2D eigenvalue weighted by Crippen LogP contribution is -1.85. The van der Waals surface area contributed by atoms with Gasteiger partial charge in [-0.1, -0.05) is 0 Å².